The number of methoxy groups -OCH3 is 1. The van der Waals surface area contributed by atoms with Crippen LogP contribution in [0.5, 0.6) is 0 Å². The van der Waals surface area contributed by atoms with Gasteiger partial charge in [0.1, 0.15) is 5.82 Å². The largest absolute Gasteiger partial charge is 0.383 e. The summed E-state index contributed by atoms with van der Waals surface area (Å²) in [6, 6.07) is 7.89. The second-order valence-corrected chi connectivity index (χ2v) is 5.56. The quantitative estimate of drug-likeness (QED) is 0.396. The average Bonchev–Trinajstić information content (AvgIpc) is 3.22. The molecule has 0 saturated heterocycles. The van der Waals surface area contributed by atoms with E-state index in [0.717, 1.165) is 22.0 Å². The molecular formula is C16H18N8O. The number of hydrogen-bond donors (Lipinski definition) is 4. The summed E-state index contributed by atoms with van der Waals surface area (Å²) in [5.41, 5.74) is 11.7. The molecule has 0 aliphatic rings. The Bertz CT molecular complexity index is 1020. The molecule has 3 heterocycles. The van der Waals surface area contributed by atoms with Crippen LogP contribution in [0, 0.1) is 0 Å². The van der Waals surface area contributed by atoms with Crippen LogP contribution in [0.4, 0.5) is 17.5 Å². The number of nitrogen functional groups attached to an aromatic ring is 1. The Labute approximate surface area is 143 Å². The van der Waals surface area contributed by atoms with E-state index in [-0.39, 0.29) is 5.95 Å². The van der Waals surface area contributed by atoms with Crippen LogP contribution in [0.25, 0.3) is 21.9 Å². The van der Waals surface area contributed by atoms with Gasteiger partial charge in [0.25, 0.3) is 0 Å². The number of nitrogens with one attached hydrogen (secondary N) is 3. The second-order valence-electron chi connectivity index (χ2n) is 5.56. The molecule has 0 aliphatic heterocycles. The number of nitrogens with two attached hydrogens (primary N) is 1. The molecule has 0 spiro atoms. The number of nitrogens with zero attached hydrogens (tertiary/aromatic N) is 4. The van der Waals surface area contributed by atoms with Gasteiger partial charge in [-0.2, -0.15) is 15.1 Å². The van der Waals surface area contributed by atoms with Gasteiger partial charge in [-0.1, -0.05) is 0 Å². The Morgan fingerprint density at radius 3 is 3.08 bits per heavy atom. The zero-order valence-corrected chi connectivity index (χ0v) is 13.7. The summed E-state index contributed by atoms with van der Waals surface area (Å²) in [7, 11) is 1.66. The van der Waals surface area contributed by atoms with E-state index in [2.05, 4.69) is 30.9 Å². The Balaban J connectivity index is 1.67. The summed E-state index contributed by atoms with van der Waals surface area (Å²) in [5, 5.41) is 12.1. The molecule has 0 bridgehead atoms. The van der Waals surface area contributed by atoms with Crippen LogP contribution in [-0.4, -0.2) is 45.1 Å². The number of benzene rings is 1. The Kier molecular flexibility index (Phi) is 3.82. The SMILES string of the molecule is COCCNc1nc(N)nc2c1ccn2Nc1ccc2cn[nH]c2c1. The van der Waals surface area contributed by atoms with Gasteiger partial charge in [0, 0.05) is 25.2 Å². The molecule has 4 aromatic rings. The van der Waals surface area contributed by atoms with E-state index >= 15 is 0 Å². The average molecular weight is 338 g/mol. The third-order valence-corrected chi connectivity index (χ3v) is 3.85. The molecule has 9 heteroatoms. The monoisotopic (exact) mass is 338 g/mol. The highest BCUT2D eigenvalue weighted by Crippen LogP contribution is 2.23. The topological polar surface area (TPSA) is 119 Å². The first-order chi connectivity index (χ1) is 12.2. The Morgan fingerprint density at radius 2 is 2.20 bits per heavy atom. The minimum absolute atomic E-state index is 0.207. The minimum Gasteiger partial charge on any atom is -0.383 e. The second kappa shape index (κ2) is 6.29. The number of ether oxygens (including phenoxy) is 1. The molecule has 0 atom stereocenters. The highest BCUT2D eigenvalue weighted by Gasteiger charge is 2.11. The molecule has 128 valence electrons. The lowest BCUT2D eigenvalue weighted by molar-refractivity contribution is 0.210. The van der Waals surface area contributed by atoms with Crippen LogP contribution in [0.1, 0.15) is 0 Å². The molecule has 0 fully saturated rings. The fourth-order valence-corrected chi connectivity index (χ4v) is 2.67. The smallest absolute Gasteiger partial charge is 0.224 e. The summed E-state index contributed by atoms with van der Waals surface area (Å²) in [5.74, 6) is 0.891. The molecule has 0 unspecified atom stereocenters. The van der Waals surface area contributed by atoms with E-state index in [4.69, 9.17) is 10.5 Å². The van der Waals surface area contributed by atoms with E-state index in [0.29, 0.717) is 24.6 Å². The minimum atomic E-state index is 0.207. The molecule has 1 aromatic carbocycles. The third-order valence-electron chi connectivity index (χ3n) is 3.85. The summed E-state index contributed by atoms with van der Waals surface area (Å²) in [4.78, 5) is 8.62. The van der Waals surface area contributed by atoms with E-state index in [1.807, 2.05) is 35.1 Å². The third kappa shape index (κ3) is 2.92. The number of anilines is 3. The van der Waals surface area contributed by atoms with Gasteiger partial charge in [0.05, 0.1) is 29.4 Å². The Hall–Kier alpha value is -3.33. The zero-order chi connectivity index (χ0) is 17.2. The van der Waals surface area contributed by atoms with Gasteiger partial charge >= 0.3 is 0 Å². The highest BCUT2D eigenvalue weighted by atomic mass is 16.5. The summed E-state index contributed by atoms with van der Waals surface area (Å²) in [6.45, 7) is 1.21. The molecule has 0 amide bonds. The number of aromatic amines is 1. The van der Waals surface area contributed by atoms with Crippen molar-refractivity contribution in [3.05, 3.63) is 36.7 Å². The maximum absolute atomic E-state index is 5.86. The van der Waals surface area contributed by atoms with Crippen LogP contribution in [0.3, 0.4) is 0 Å². The fraction of sp³-hybridized carbons (Fsp3) is 0.188. The molecule has 0 aliphatic carbocycles. The predicted molar refractivity (Wildman–Crippen MR) is 97.4 cm³/mol. The first-order valence-corrected chi connectivity index (χ1v) is 7.82. The normalized spacial score (nSPS) is 11.2. The van der Waals surface area contributed by atoms with Crippen molar-refractivity contribution in [3.8, 4) is 0 Å². The Morgan fingerprint density at radius 1 is 1.28 bits per heavy atom. The molecule has 3 aromatic heterocycles. The van der Waals surface area contributed by atoms with Crippen LogP contribution < -0.4 is 16.5 Å². The van der Waals surface area contributed by atoms with Gasteiger partial charge in [-0.05, 0) is 24.3 Å². The lowest BCUT2D eigenvalue weighted by atomic mass is 10.2. The van der Waals surface area contributed by atoms with Crippen molar-refractivity contribution in [2.75, 3.05) is 36.7 Å². The molecule has 9 nitrogen and oxygen atoms in total. The van der Waals surface area contributed by atoms with Gasteiger partial charge in [-0.15, -0.1) is 0 Å². The molecular weight excluding hydrogens is 320 g/mol. The van der Waals surface area contributed by atoms with E-state index in [1.165, 1.54) is 0 Å². The van der Waals surface area contributed by atoms with E-state index < -0.39 is 0 Å². The van der Waals surface area contributed by atoms with E-state index in [1.54, 1.807) is 13.3 Å². The van der Waals surface area contributed by atoms with Gasteiger partial charge < -0.3 is 15.8 Å². The maximum atomic E-state index is 5.86. The lowest BCUT2D eigenvalue weighted by Gasteiger charge is -2.11. The summed E-state index contributed by atoms with van der Waals surface area (Å²) in [6.07, 6.45) is 3.67. The predicted octanol–water partition coefficient (Wildman–Crippen LogP) is 1.82. The summed E-state index contributed by atoms with van der Waals surface area (Å²) >= 11 is 0. The van der Waals surface area contributed by atoms with Crippen LogP contribution >= 0.6 is 0 Å². The molecule has 5 N–H and O–H groups in total. The number of aromatic nitrogens is 5. The number of hydrogen-bond acceptors (Lipinski definition) is 7. The lowest BCUT2D eigenvalue weighted by Crippen LogP contribution is -2.12. The van der Waals surface area contributed by atoms with Crippen molar-refractivity contribution >= 4 is 39.4 Å². The van der Waals surface area contributed by atoms with Crippen LogP contribution in [0.2, 0.25) is 0 Å². The molecule has 4 rings (SSSR count). The zero-order valence-electron chi connectivity index (χ0n) is 13.7. The molecule has 0 radical (unpaired) electrons. The maximum Gasteiger partial charge on any atom is 0.224 e. The van der Waals surface area contributed by atoms with Gasteiger partial charge in [-0.3, -0.25) is 10.5 Å². The van der Waals surface area contributed by atoms with Gasteiger partial charge in [0.2, 0.25) is 5.95 Å². The number of fused-ring (bicyclic) bond motifs is 2. The van der Waals surface area contributed by atoms with Crippen molar-refractivity contribution < 1.29 is 4.74 Å². The van der Waals surface area contributed by atoms with Crippen LogP contribution in [-0.2, 0) is 4.74 Å². The molecule has 25 heavy (non-hydrogen) atoms. The first kappa shape index (κ1) is 15.2. The van der Waals surface area contributed by atoms with Crippen molar-refractivity contribution in [1.82, 2.24) is 24.8 Å². The number of H-pyrrole nitrogens is 1. The number of rotatable bonds is 6. The van der Waals surface area contributed by atoms with Crippen LogP contribution in [0.15, 0.2) is 36.7 Å². The van der Waals surface area contributed by atoms with E-state index in [9.17, 15) is 0 Å². The van der Waals surface area contributed by atoms with Crippen molar-refractivity contribution in [1.29, 1.82) is 0 Å². The fourth-order valence-electron chi connectivity index (χ4n) is 2.67. The highest BCUT2D eigenvalue weighted by molar-refractivity contribution is 5.89. The van der Waals surface area contributed by atoms with Crippen molar-refractivity contribution in [2.45, 2.75) is 0 Å². The first-order valence-electron chi connectivity index (χ1n) is 7.82. The standard InChI is InChI=1S/C16H18N8O/c1-25-7-5-18-14-12-4-6-24(15(12)21-16(17)20-14)23-11-3-2-10-9-19-22-13(10)8-11/h2-4,6,8-9,23H,5,7H2,1H3,(H,19,22)(H3,17,18,20,21). The van der Waals surface area contributed by atoms with Crippen molar-refractivity contribution in [3.63, 3.8) is 0 Å². The molecule has 0 saturated carbocycles. The van der Waals surface area contributed by atoms with Crippen molar-refractivity contribution in [2.24, 2.45) is 0 Å². The summed E-state index contributed by atoms with van der Waals surface area (Å²) < 4.78 is 6.87. The van der Waals surface area contributed by atoms with Gasteiger partial charge in [0.15, 0.2) is 5.65 Å². The van der Waals surface area contributed by atoms with Gasteiger partial charge in [-0.25, -0.2) is 4.68 Å².